The lowest BCUT2D eigenvalue weighted by atomic mass is 9.86. The molecular formula is C9H20N2OS. The number of hydrogen-bond donors (Lipinski definition) is 1. The molecule has 0 heterocycles. The van der Waals surface area contributed by atoms with Crippen LogP contribution in [0.5, 0.6) is 0 Å². The molecule has 0 aromatic carbocycles. The second kappa shape index (κ2) is 4.86. The van der Waals surface area contributed by atoms with E-state index in [2.05, 4.69) is 6.92 Å². The van der Waals surface area contributed by atoms with Crippen molar-refractivity contribution < 1.29 is 4.79 Å². The van der Waals surface area contributed by atoms with E-state index in [0.29, 0.717) is 0 Å². The molecule has 0 spiro atoms. The van der Waals surface area contributed by atoms with Crippen LogP contribution in [0.25, 0.3) is 0 Å². The predicted octanol–water partition coefficient (Wildman–Crippen LogP) is 0.791. The smallest absolute Gasteiger partial charge is 0.237 e. The first kappa shape index (κ1) is 12.8. The van der Waals surface area contributed by atoms with Gasteiger partial charge in [0.25, 0.3) is 0 Å². The van der Waals surface area contributed by atoms with Gasteiger partial charge >= 0.3 is 0 Å². The van der Waals surface area contributed by atoms with E-state index in [4.69, 9.17) is 5.73 Å². The highest BCUT2D eigenvalue weighted by atomic mass is 32.2. The molecule has 3 nitrogen and oxygen atoms in total. The van der Waals surface area contributed by atoms with Crippen LogP contribution in [0.1, 0.15) is 13.8 Å². The molecule has 13 heavy (non-hydrogen) atoms. The Morgan fingerprint density at radius 2 is 2.08 bits per heavy atom. The molecule has 2 N–H and O–H groups in total. The zero-order valence-electron chi connectivity index (χ0n) is 9.13. The van der Waals surface area contributed by atoms with E-state index < -0.39 is 5.54 Å². The minimum absolute atomic E-state index is 0.251. The number of nitrogens with two attached hydrogens (primary N) is 1. The van der Waals surface area contributed by atoms with Gasteiger partial charge in [-0.2, -0.15) is 11.8 Å². The molecule has 0 aromatic heterocycles. The number of nitrogens with zero attached hydrogens (tertiary/aromatic N) is 1. The molecule has 0 fully saturated rings. The number of rotatable bonds is 5. The molecular weight excluding hydrogens is 184 g/mol. The van der Waals surface area contributed by atoms with Crippen molar-refractivity contribution >= 4 is 17.7 Å². The third-order valence-corrected chi connectivity index (χ3v) is 3.64. The Labute approximate surface area is 85.0 Å². The summed E-state index contributed by atoms with van der Waals surface area (Å²) in [5.74, 6) is 0.950. The quantitative estimate of drug-likeness (QED) is 0.720. The van der Waals surface area contributed by atoms with Crippen LogP contribution in [0, 0.1) is 5.92 Å². The first-order valence-corrected chi connectivity index (χ1v) is 5.73. The lowest BCUT2D eigenvalue weighted by molar-refractivity contribution is -0.130. The van der Waals surface area contributed by atoms with Crippen LogP contribution >= 0.6 is 11.8 Å². The summed E-state index contributed by atoms with van der Waals surface area (Å²) in [6.07, 6.45) is 2.04. The highest BCUT2D eigenvalue weighted by Gasteiger charge is 2.38. The van der Waals surface area contributed by atoms with E-state index in [1.165, 1.54) is 0 Å². The van der Waals surface area contributed by atoms with Crippen LogP contribution in [-0.2, 0) is 4.79 Å². The molecule has 0 rings (SSSR count). The maximum absolute atomic E-state index is 11.4. The predicted molar refractivity (Wildman–Crippen MR) is 58.8 cm³/mol. The number of hydrogen-bond acceptors (Lipinski definition) is 3. The average Bonchev–Trinajstić information content (AvgIpc) is 2.02. The van der Waals surface area contributed by atoms with Crippen molar-refractivity contribution in [3.63, 3.8) is 0 Å². The molecule has 2 unspecified atom stereocenters. The average molecular weight is 204 g/mol. The molecule has 0 aliphatic carbocycles. The van der Waals surface area contributed by atoms with Crippen LogP contribution in [0.15, 0.2) is 0 Å². The summed E-state index contributed by atoms with van der Waals surface area (Å²) >= 11 is 1.74. The fraction of sp³-hybridized carbons (Fsp3) is 0.889. The maximum atomic E-state index is 11.4. The van der Waals surface area contributed by atoms with Gasteiger partial charge in [-0.15, -0.1) is 0 Å². The van der Waals surface area contributed by atoms with Crippen LogP contribution in [0.3, 0.4) is 0 Å². The second-order valence-corrected chi connectivity index (χ2v) is 4.67. The fourth-order valence-electron chi connectivity index (χ4n) is 1.32. The molecule has 0 saturated heterocycles. The molecule has 0 bridgehead atoms. The molecule has 0 aromatic rings. The van der Waals surface area contributed by atoms with Gasteiger partial charge in [-0.25, -0.2) is 0 Å². The van der Waals surface area contributed by atoms with Crippen LogP contribution < -0.4 is 5.73 Å². The van der Waals surface area contributed by atoms with Crippen LogP contribution in [0.4, 0.5) is 0 Å². The fourth-order valence-corrected chi connectivity index (χ4v) is 2.14. The van der Waals surface area contributed by atoms with Gasteiger partial charge in [0.1, 0.15) is 5.54 Å². The topological polar surface area (TPSA) is 46.3 Å². The third kappa shape index (κ3) is 2.61. The third-order valence-electron chi connectivity index (χ3n) is 2.80. The summed E-state index contributed by atoms with van der Waals surface area (Å²) in [5.41, 5.74) is 4.87. The van der Waals surface area contributed by atoms with Crippen molar-refractivity contribution in [2.75, 3.05) is 26.1 Å². The van der Waals surface area contributed by atoms with E-state index in [-0.39, 0.29) is 11.8 Å². The van der Waals surface area contributed by atoms with Crippen LogP contribution in [0.2, 0.25) is 0 Å². The zero-order valence-corrected chi connectivity index (χ0v) is 9.94. The monoisotopic (exact) mass is 204 g/mol. The second-order valence-electron chi connectivity index (χ2n) is 3.76. The van der Waals surface area contributed by atoms with Gasteiger partial charge in [0.2, 0.25) is 5.91 Å². The summed E-state index contributed by atoms with van der Waals surface area (Å²) in [5, 5.41) is 0. The Morgan fingerprint density at radius 1 is 1.62 bits per heavy atom. The van der Waals surface area contributed by atoms with Crippen molar-refractivity contribution in [1.29, 1.82) is 0 Å². The van der Waals surface area contributed by atoms with Gasteiger partial charge < -0.3 is 5.73 Å². The van der Waals surface area contributed by atoms with E-state index in [1.807, 2.05) is 32.2 Å². The SMILES string of the molecule is CSCC(C)C(C)(C(N)=O)N(C)C. The number of carbonyl (C=O) groups excluding carboxylic acids is 1. The number of thioether (sulfide) groups is 1. The summed E-state index contributed by atoms with van der Waals surface area (Å²) in [6.45, 7) is 3.96. The molecule has 0 saturated carbocycles. The highest BCUT2D eigenvalue weighted by Crippen LogP contribution is 2.24. The first-order chi connectivity index (χ1) is 5.87. The number of likely N-dealkylation sites (N-methyl/N-ethyl adjacent to an activating group) is 1. The molecule has 0 aliphatic rings. The van der Waals surface area contributed by atoms with Crippen LogP contribution in [-0.4, -0.2) is 42.4 Å². The van der Waals surface area contributed by atoms with Crippen molar-refractivity contribution in [3.05, 3.63) is 0 Å². The van der Waals surface area contributed by atoms with Crippen molar-refractivity contribution in [3.8, 4) is 0 Å². The zero-order chi connectivity index (χ0) is 10.6. The van der Waals surface area contributed by atoms with E-state index >= 15 is 0 Å². The Kier molecular flexibility index (Phi) is 4.78. The van der Waals surface area contributed by atoms with Gasteiger partial charge in [-0.3, -0.25) is 9.69 Å². The van der Waals surface area contributed by atoms with Gasteiger partial charge in [0, 0.05) is 0 Å². The van der Waals surface area contributed by atoms with Gasteiger partial charge in [0.15, 0.2) is 0 Å². The van der Waals surface area contributed by atoms with Gasteiger partial charge in [0.05, 0.1) is 0 Å². The van der Waals surface area contributed by atoms with E-state index in [9.17, 15) is 4.79 Å². The molecule has 0 aliphatic heterocycles. The highest BCUT2D eigenvalue weighted by molar-refractivity contribution is 7.98. The standard InChI is InChI=1S/C9H20N2OS/c1-7(6-13-5)9(2,8(10)12)11(3)4/h7H,6H2,1-5H3,(H2,10,12). The number of amides is 1. The van der Waals surface area contributed by atoms with E-state index in [1.54, 1.807) is 11.8 Å². The van der Waals surface area contributed by atoms with Gasteiger partial charge in [-0.05, 0) is 38.9 Å². The molecule has 78 valence electrons. The summed E-state index contributed by atoms with van der Waals surface area (Å²) in [4.78, 5) is 13.2. The lowest BCUT2D eigenvalue weighted by Crippen LogP contribution is -2.57. The van der Waals surface area contributed by atoms with Gasteiger partial charge in [-0.1, -0.05) is 6.92 Å². The minimum Gasteiger partial charge on any atom is -0.368 e. The first-order valence-electron chi connectivity index (χ1n) is 4.33. The molecule has 2 atom stereocenters. The van der Waals surface area contributed by atoms with E-state index in [0.717, 1.165) is 5.75 Å². The van der Waals surface area contributed by atoms with Crippen molar-refractivity contribution in [2.45, 2.75) is 19.4 Å². The normalized spacial score (nSPS) is 18.3. The maximum Gasteiger partial charge on any atom is 0.237 e. The Bertz CT molecular complexity index is 184. The molecule has 1 amide bonds. The summed E-state index contributed by atoms with van der Waals surface area (Å²) in [7, 11) is 3.78. The van der Waals surface area contributed by atoms with Crippen molar-refractivity contribution in [1.82, 2.24) is 4.90 Å². The largest absolute Gasteiger partial charge is 0.368 e. The summed E-state index contributed by atoms with van der Waals surface area (Å²) in [6, 6.07) is 0. The lowest BCUT2D eigenvalue weighted by Gasteiger charge is -2.38. The van der Waals surface area contributed by atoms with Crippen molar-refractivity contribution in [2.24, 2.45) is 11.7 Å². The Balaban J connectivity index is 4.68. The summed E-state index contributed by atoms with van der Waals surface area (Å²) < 4.78 is 0. The molecule has 0 radical (unpaired) electrons. The minimum atomic E-state index is -0.539. The Morgan fingerprint density at radius 3 is 2.31 bits per heavy atom. The Hall–Kier alpha value is -0.220. The molecule has 4 heteroatoms. The number of carbonyl (C=O) groups is 1. The number of primary amides is 1.